The van der Waals surface area contributed by atoms with Crippen molar-refractivity contribution in [2.45, 2.75) is 44.8 Å². The minimum atomic E-state index is -4.10. The van der Waals surface area contributed by atoms with Crippen LogP contribution in [0.25, 0.3) is 0 Å². The molecule has 1 rings (SSSR count). The molecule has 0 amide bonds. The smallest absolute Gasteiger partial charge is 0.378 e. The van der Waals surface area contributed by atoms with E-state index in [1.165, 1.54) is 0 Å². The first-order valence-electron chi connectivity index (χ1n) is 8.49. The van der Waals surface area contributed by atoms with Crippen LogP contribution in [0.5, 0.6) is 0 Å². The second-order valence-electron chi connectivity index (χ2n) is 6.24. The van der Waals surface area contributed by atoms with Gasteiger partial charge < -0.3 is 15.4 Å². The van der Waals surface area contributed by atoms with Gasteiger partial charge in [-0.3, -0.25) is 4.99 Å². The first-order chi connectivity index (χ1) is 11.6. The lowest BCUT2D eigenvalue weighted by molar-refractivity contribution is -0.182. The fraction of sp³-hybridized carbons (Fsp3) is 0.933. The molecule has 0 unspecified atom stereocenters. The number of rotatable bonds is 8. The normalized spacial score (nSPS) is 22.7. The minimum absolute atomic E-state index is 0.0254. The van der Waals surface area contributed by atoms with Gasteiger partial charge in [0.1, 0.15) is 9.84 Å². The molecule has 1 saturated carbocycles. The Balaban J connectivity index is 2.34. The number of nitrogens with zero attached hydrogens (tertiary/aromatic N) is 1. The quantitative estimate of drug-likeness (QED) is 0.377. The number of hydrogen-bond donors (Lipinski definition) is 2. The highest BCUT2D eigenvalue weighted by molar-refractivity contribution is 7.90. The van der Waals surface area contributed by atoms with Gasteiger partial charge in [-0.25, -0.2) is 8.42 Å². The first kappa shape index (κ1) is 22.0. The third-order valence-electron chi connectivity index (χ3n) is 3.98. The maximum atomic E-state index is 12.7. The van der Waals surface area contributed by atoms with Crippen molar-refractivity contribution in [3.8, 4) is 0 Å². The van der Waals surface area contributed by atoms with E-state index in [1.54, 1.807) is 0 Å². The lowest BCUT2D eigenvalue weighted by Gasteiger charge is -2.31. The highest BCUT2D eigenvalue weighted by Crippen LogP contribution is 2.37. The van der Waals surface area contributed by atoms with E-state index in [9.17, 15) is 21.6 Å². The van der Waals surface area contributed by atoms with Crippen LogP contribution >= 0.6 is 0 Å². The van der Waals surface area contributed by atoms with Gasteiger partial charge in [0.2, 0.25) is 0 Å². The van der Waals surface area contributed by atoms with E-state index in [0.717, 1.165) is 6.26 Å². The number of nitrogens with one attached hydrogen (secondary N) is 2. The molecule has 10 heteroatoms. The molecule has 0 heterocycles. The standard InChI is InChI=1S/C15H28F3N3O3S/c1-3-19-14(20-8-9-24-10-11-25(2,22)23)21-13-6-4-12(5-7-13)15(16,17)18/h12-13H,3-11H2,1-2H3,(H2,19,20,21). The molecule has 1 aliphatic rings. The molecule has 0 radical (unpaired) electrons. The zero-order chi connectivity index (χ0) is 18.9. The Morgan fingerprint density at radius 3 is 2.36 bits per heavy atom. The minimum Gasteiger partial charge on any atom is -0.378 e. The Hall–Kier alpha value is -1.03. The Labute approximate surface area is 147 Å². The predicted octanol–water partition coefficient (Wildman–Crippen LogP) is 1.72. The molecule has 25 heavy (non-hydrogen) atoms. The van der Waals surface area contributed by atoms with E-state index in [0.29, 0.717) is 31.9 Å². The zero-order valence-corrected chi connectivity index (χ0v) is 15.5. The van der Waals surface area contributed by atoms with Crippen LogP contribution in [0.2, 0.25) is 0 Å². The number of sulfone groups is 1. The second kappa shape index (κ2) is 10.2. The zero-order valence-electron chi connectivity index (χ0n) is 14.7. The Morgan fingerprint density at radius 2 is 1.84 bits per heavy atom. The third-order valence-corrected chi connectivity index (χ3v) is 4.89. The summed E-state index contributed by atoms with van der Waals surface area (Å²) in [4.78, 5) is 4.31. The molecule has 0 spiro atoms. The van der Waals surface area contributed by atoms with E-state index in [-0.39, 0.29) is 37.9 Å². The summed E-state index contributed by atoms with van der Waals surface area (Å²) in [5, 5.41) is 6.22. The van der Waals surface area contributed by atoms with Crippen LogP contribution in [-0.4, -0.2) is 64.9 Å². The summed E-state index contributed by atoms with van der Waals surface area (Å²) < 4.78 is 65.2. The number of guanidine groups is 1. The molecule has 0 aromatic rings. The van der Waals surface area contributed by atoms with E-state index in [1.807, 2.05) is 6.92 Å². The van der Waals surface area contributed by atoms with Gasteiger partial charge >= 0.3 is 6.18 Å². The van der Waals surface area contributed by atoms with Gasteiger partial charge in [0, 0.05) is 18.8 Å². The lowest BCUT2D eigenvalue weighted by Crippen LogP contribution is -2.46. The largest absolute Gasteiger partial charge is 0.391 e. The fourth-order valence-corrected chi connectivity index (χ4v) is 3.03. The Bertz CT molecular complexity index is 516. The van der Waals surface area contributed by atoms with Crippen molar-refractivity contribution in [3.63, 3.8) is 0 Å². The van der Waals surface area contributed by atoms with E-state index >= 15 is 0 Å². The monoisotopic (exact) mass is 387 g/mol. The van der Waals surface area contributed by atoms with Gasteiger partial charge in [0.15, 0.2) is 5.96 Å². The summed E-state index contributed by atoms with van der Waals surface area (Å²) in [6.07, 6.45) is -1.77. The molecule has 148 valence electrons. The summed E-state index contributed by atoms with van der Waals surface area (Å²) in [5.74, 6) is -0.685. The van der Waals surface area contributed by atoms with Crippen LogP contribution in [-0.2, 0) is 14.6 Å². The van der Waals surface area contributed by atoms with E-state index in [4.69, 9.17) is 4.74 Å². The maximum Gasteiger partial charge on any atom is 0.391 e. The third kappa shape index (κ3) is 9.88. The van der Waals surface area contributed by atoms with Gasteiger partial charge in [-0.15, -0.1) is 0 Å². The van der Waals surface area contributed by atoms with Crippen molar-refractivity contribution in [1.82, 2.24) is 10.6 Å². The molecule has 1 fully saturated rings. The van der Waals surface area contributed by atoms with Crippen molar-refractivity contribution in [2.75, 3.05) is 38.3 Å². The van der Waals surface area contributed by atoms with Crippen LogP contribution in [0.15, 0.2) is 4.99 Å². The molecule has 0 saturated heterocycles. The van der Waals surface area contributed by atoms with Crippen molar-refractivity contribution in [3.05, 3.63) is 0 Å². The molecule has 0 aromatic carbocycles. The highest BCUT2D eigenvalue weighted by Gasteiger charge is 2.41. The lowest BCUT2D eigenvalue weighted by atomic mass is 9.85. The van der Waals surface area contributed by atoms with Gasteiger partial charge in [-0.2, -0.15) is 13.2 Å². The SMILES string of the molecule is CCNC(=NCCOCCS(C)(=O)=O)NC1CCC(C(F)(F)F)CC1. The van der Waals surface area contributed by atoms with Crippen molar-refractivity contribution >= 4 is 15.8 Å². The molecule has 0 aliphatic heterocycles. The maximum absolute atomic E-state index is 12.7. The molecule has 6 nitrogen and oxygen atoms in total. The molecule has 1 aliphatic carbocycles. The number of aliphatic imine (C=N–C) groups is 1. The van der Waals surface area contributed by atoms with Crippen LogP contribution in [0.1, 0.15) is 32.6 Å². The summed E-state index contributed by atoms with van der Waals surface area (Å²) in [6.45, 7) is 3.29. The number of alkyl halides is 3. The molecular weight excluding hydrogens is 359 g/mol. The first-order valence-corrected chi connectivity index (χ1v) is 10.5. The van der Waals surface area contributed by atoms with E-state index < -0.39 is 21.9 Å². The average Bonchev–Trinajstić information content (AvgIpc) is 2.49. The van der Waals surface area contributed by atoms with Crippen LogP contribution in [0.3, 0.4) is 0 Å². The van der Waals surface area contributed by atoms with Gasteiger partial charge in [-0.1, -0.05) is 0 Å². The number of halogens is 3. The summed E-state index contributed by atoms with van der Waals surface area (Å²) in [6, 6.07) is -0.0254. The van der Waals surface area contributed by atoms with Crippen molar-refractivity contribution in [2.24, 2.45) is 10.9 Å². The molecular formula is C15H28F3N3O3S. The molecule has 0 aromatic heterocycles. The topological polar surface area (TPSA) is 79.8 Å². The van der Waals surface area contributed by atoms with Gasteiger partial charge in [-0.05, 0) is 32.6 Å². The van der Waals surface area contributed by atoms with Crippen molar-refractivity contribution < 1.29 is 26.3 Å². The number of ether oxygens (including phenoxy) is 1. The molecule has 2 N–H and O–H groups in total. The summed E-state index contributed by atoms with van der Waals surface area (Å²) in [5.41, 5.74) is 0. The summed E-state index contributed by atoms with van der Waals surface area (Å²) in [7, 11) is -3.04. The highest BCUT2D eigenvalue weighted by atomic mass is 32.2. The van der Waals surface area contributed by atoms with Gasteiger partial charge in [0.25, 0.3) is 0 Å². The van der Waals surface area contributed by atoms with Crippen LogP contribution in [0, 0.1) is 5.92 Å². The van der Waals surface area contributed by atoms with Gasteiger partial charge in [0.05, 0.1) is 31.4 Å². The number of hydrogen-bond acceptors (Lipinski definition) is 4. The Kier molecular flexibility index (Phi) is 8.98. The second-order valence-corrected chi connectivity index (χ2v) is 8.50. The Morgan fingerprint density at radius 1 is 1.20 bits per heavy atom. The van der Waals surface area contributed by atoms with Crippen LogP contribution < -0.4 is 10.6 Å². The van der Waals surface area contributed by atoms with Crippen molar-refractivity contribution in [1.29, 1.82) is 0 Å². The molecule has 0 atom stereocenters. The fourth-order valence-electron chi connectivity index (χ4n) is 2.61. The predicted molar refractivity (Wildman–Crippen MR) is 91.4 cm³/mol. The molecule has 0 bridgehead atoms. The summed E-state index contributed by atoms with van der Waals surface area (Å²) >= 11 is 0. The van der Waals surface area contributed by atoms with Crippen LogP contribution in [0.4, 0.5) is 13.2 Å². The van der Waals surface area contributed by atoms with E-state index in [2.05, 4.69) is 15.6 Å². The average molecular weight is 387 g/mol.